The molecule has 8 heteroatoms. The smallest absolute Gasteiger partial charge is 0.343 e. The molecule has 2 N–H and O–H groups in total. The summed E-state index contributed by atoms with van der Waals surface area (Å²) in [4.78, 5) is 48.2. The third-order valence-corrected chi connectivity index (χ3v) is 5.48. The number of hydrogen-bond acceptors (Lipinski definition) is 6. The van der Waals surface area contributed by atoms with E-state index in [4.69, 9.17) is 9.47 Å². The van der Waals surface area contributed by atoms with Gasteiger partial charge in [0.15, 0.2) is 0 Å². The van der Waals surface area contributed by atoms with Gasteiger partial charge in [0.1, 0.15) is 12.4 Å². The molecule has 164 valence electrons. The first-order valence-electron chi connectivity index (χ1n) is 10.3. The Bertz CT molecular complexity index is 1330. The summed E-state index contributed by atoms with van der Waals surface area (Å²) in [6.45, 7) is -0.105. The molecule has 0 aliphatic carbocycles. The number of hydrogen-bond donors (Lipinski definition) is 2. The lowest BCUT2D eigenvalue weighted by atomic mass is 10.1. The van der Waals surface area contributed by atoms with Crippen molar-refractivity contribution < 1.29 is 28.7 Å². The molecule has 2 heterocycles. The SMILES string of the molecule is O=C1Cc2ccc(C(=O)OCc3ccccc3OC(=O)c3ccc4c(c3)NC(=O)C4)cc2N1. The first kappa shape index (κ1) is 20.4. The number of amides is 2. The minimum atomic E-state index is -0.591. The highest BCUT2D eigenvalue weighted by molar-refractivity contribution is 6.02. The van der Waals surface area contributed by atoms with Crippen LogP contribution in [0.25, 0.3) is 0 Å². The van der Waals surface area contributed by atoms with E-state index in [0.717, 1.165) is 11.1 Å². The Morgan fingerprint density at radius 2 is 1.33 bits per heavy atom. The van der Waals surface area contributed by atoms with Crippen molar-refractivity contribution in [1.82, 2.24) is 0 Å². The van der Waals surface area contributed by atoms with Crippen LogP contribution in [0.15, 0.2) is 60.7 Å². The summed E-state index contributed by atoms with van der Waals surface area (Å²) in [6, 6.07) is 16.6. The number of esters is 2. The Morgan fingerprint density at radius 3 is 1.97 bits per heavy atom. The number of ether oxygens (including phenoxy) is 2. The van der Waals surface area contributed by atoms with Crippen molar-refractivity contribution in [1.29, 1.82) is 0 Å². The molecule has 0 saturated heterocycles. The molecule has 0 bridgehead atoms. The first-order chi connectivity index (χ1) is 16.0. The topological polar surface area (TPSA) is 111 Å². The van der Waals surface area contributed by atoms with Crippen LogP contribution >= 0.6 is 0 Å². The highest BCUT2D eigenvalue weighted by atomic mass is 16.5. The maximum Gasteiger partial charge on any atom is 0.343 e. The number of rotatable bonds is 5. The summed E-state index contributed by atoms with van der Waals surface area (Å²) in [5.41, 5.74) is 3.99. The van der Waals surface area contributed by atoms with Crippen molar-refractivity contribution >= 4 is 35.1 Å². The van der Waals surface area contributed by atoms with E-state index in [1.54, 1.807) is 60.7 Å². The molecule has 8 nitrogen and oxygen atoms in total. The fourth-order valence-electron chi connectivity index (χ4n) is 3.79. The molecule has 3 aromatic carbocycles. The fraction of sp³-hybridized carbons (Fsp3) is 0.120. The van der Waals surface area contributed by atoms with Gasteiger partial charge in [0, 0.05) is 16.9 Å². The monoisotopic (exact) mass is 442 g/mol. The van der Waals surface area contributed by atoms with Crippen molar-refractivity contribution in [2.24, 2.45) is 0 Å². The van der Waals surface area contributed by atoms with Crippen molar-refractivity contribution in [3.05, 3.63) is 88.5 Å². The van der Waals surface area contributed by atoms with Crippen LogP contribution in [0.3, 0.4) is 0 Å². The Labute approximate surface area is 188 Å². The van der Waals surface area contributed by atoms with E-state index in [1.165, 1.54) is 0 Å². The van der Waals surface area contributed by atoms with Gasteiger partial charge in [-0.15, -0.1) is 0 Å². The van der Waals surface area contributed by atoms with Crippen LogP contribution in [0.1, 0.15) is 37.4 Å². The maximum atomic E-state index is 12.7. The standard InChI is InChI=1S/C25H18N2O6/c28-22-11-14-5-7-16(9-19(14)26-22)24(30)32-13-18-3-1-2-4-21(18)33-25(31)17-8-6-15-12-23(29)27-20(15)10-17/h1-10H,11-13H2,(H,26,28)(H,27,29). The van der Waals surface area contributed by atoms with Crippen LogP contribution in [-0.4, -0.2) is 23.8 Å². The third-order valence-electron chi connectivity index (χ3n) is 5.48. The predicted molar refractivity (Wildman–Crippen MR) is 118 cm³/mol. The molecule has 2 aliphatic rings. The van der Waals surface area contributed by atoms with E-state index < -0.39 is 11.9 Å². The minimum absolute atomic E-state index is 0.105. The molecule has 0 saturated carbocycles. The van der Waals surface area contributed by atoms with Crippen molar-refractivity contribution in [2.45, 2.75) is 19.4 Å². The number of anilines is 2. The summed E-state index contributed by atoms with van der Waals surface area (Å²) in [7, 11) is 0. The van der Waals surface area contributed by atoms with Gasteiger partial charge in [0.2, 0.25) is 11.8 Å². The Balaban J connectivity index is 1.27. The Hall–Kier alpha value is -4.46. The maximum absolute atomic E-state index is 12.7. The van der Waals surface area contributed by atoms with E-state index in [0.29, 0.717) is 34.5 Å². The van der Waals surface area contributed by atoms with E-state index in [2.05, 4.69) is 10.6 Å². The molecule has 5 rings (SSSR count). The second kappa shape index (κ2) is 8.23. The van der Waals surface area contributed by atoms with Gasteiger partial charge >= 0.3 is 11.9 Å². The van der Waals surface area contributed by atoms with Gasteiger partial charge in [-0.25, -0.2) is 9.59 Å². The number of benzene rings is 3. The van der Waals surface area contributed by atoms with E-state index in [1.807, 2.05) is 0 Å². The lowest BCUT2D eigenvalue weighted by Crippen LogP contribution is -2.12. The molecular formula is C25H18N2O6. The molecule has 0 spiro atoms. The normalized spacial score (nSPS) is 13.6. The minimum Gasteiger partial charge on any atom is -0.457 e. The predicted octanol–water partition coefficient (Wildman–Crippen LogP) is 3.25. The lowest BCUT2D eigenvalue weighted by Gasteiger charge is -2.11. The zero-order valence-corrected chi connectivity index (χ0v) is 17.3. The zero-order chi connectivity index (χ0) is 22.9. The molecule has 0 atom stereocenters. The molecule has 0 unspecified atom stereocenters. The quantitative estimate of drug-likeness (QED) is 0.464. The summed E-state index contributed by atoms with van der Waals surface area (Å²) < 4.78 is 10.9. The largest absolute Gasteiger partial charge is 0.457 e. The van der Waals surface area contributed by atoms with Crippen LogP contribution in [0.2, 0.25) is 0 Å². The van der Waals surface area contributed by atoms with Gasteiger partial charge in [0.25, 0.3) is 0 Å². The Morgan fingerprint density at radius 1 is 0.758 bits per heavy atom. The molecule has 3 aromatic rings. The first-order valence-corrected chi connectivity index (χ1v) is 10.3. The number of carbonyl (C=O) groups excluding carboxylic acids is 4. The number of nitrogens with one attached hydrogen (secondary N) is 2. The average molecular weight is 442 g/mol. The highest BCUT2D eigenvalue weighted by Crippen LogP contribution is 2.27. The van der Waals surface area contributed by atoms with E-state index in [9.17, 15) is 19.2 Å². The summed E-state index contributed by atoms with van der Waals surface area (Å²) in [5, 5.41) is 5.41. The second-order valence-electron chi connectivity index (χ2n) is 7.77. The van der Waals surface area contributed by atoms with Crippen molar-refractivity contribution in [3.8, 4) is 5.75 Å². The van der Waals surface area contributed by atoms with Gasteiger partial charge < -0.3 is 20.1 Å². The molecule has 0 fully saturated rings. The number of para-hydroxylation sites is 1. The number of carbonyl (C=O) groups is 4. The van der Waals surface area contributed by atoms with Gasteiger partial charge in [-0.3, -0.25) is 9.59 Å². The van der Waals surface area contributed by atoms with Crippen LogP contribution in [0.4, 0.5) is 11.4 Å². The van der Waals surface area contributed by atoms with Crippen LogP contribution in [0.5, 0.6) is 5.75 Å². The molecule has 2 aliphatic heterocycles. The third kappa shape index (κ3) is 4.18. The molecule has 33 heavy (non-hydrogen) atoms. The van der Waals surface area contributed by atoms with E-state index >= 15 is 0 Å². The van der Waals surface area contributed by atoms with Crippen LogP contribution in [-0.2, 0) is 33.8 Å². The molecule has 2 amide bonds. The van der Waals surface area contributed by atoms with Crippen molar-refractivity contribution in [2.75, 3.05) is 10.6 Å². The van der Waals surface area contributed by atoms with Gasteiger partial charge in [-0.2, -0.15) is 0 Å². The van der Waals surface area contributed by atoms with Crippen LogP contribution < -0.4 is 15.4 Å². The average Bonchev–Trinajstić information content (AvgIpc) is 3.37. The summed E-state index contributed by atoms with van der Waals surface area (Å²) in [5.74, 6) is -1.12. The number of fused-ring (bicyclic) bond motifs is 2. The zero-order valence-electron chi connectivity index (χ0n) is 17.3. The summed E-state index contributed by atoms with van der Waals surface area (Å²) >= 11 is 0. The van der Waals surface area contributed by atoms with E-state index in [-0.39, 0.29) is 30.6 Å². The van der Waals surface area contributed by atoms with Gasteiger partial charge in [0.05, 0.1) is 24.0 Å². The molecule has 0 radical (unpaired) electrons. The Kier molecular flexibility index (Phi) is 5.10. The fourth-order valence-corrected chi connectivity index (χ4v) is 3.79. The molecular weight excluding hydrogens is 424 g/mol. The van der Waals surface area contributed by atoms with Gasteiger partial charge in [-0.05, 0) is 41.5 Å². The van der Waals surface area contributed by atoms with Crippen molar-refractivity contribution in [3.63, 3.8) is 0 Å². The second-order valence-corrected chi connectivity index (χ2v) is 7.77. The highest BCUT2D eigenvalue weighted by Gasteiger charge is 2.22. The van der Waals surface area contributed by atoms with Crippen LogP contribution in [0, 0.1) is 0 Å². The summed E-state index contributed by atoms with van der Waals surface area (Å²) in [6.07, 6.45) is 0.579. The molecule has 0 aromatic heterocycles. The van der Waals surface area contributed by atoms with Gasteiger partial charge in [-0.1, -0.05) is 30.3 Å². The lowest BCUT2D eigenvalue weighted by molar-refractivity contribution is -0.115.